The summed E-state index contributed by atoms with van der Waals surface area (Å²) in [5.41, 5.74) is 3.86. The second-order valence-electron chi connectivity index (χ2n) is 14.0. The minimum absolute atomic E-state index is 0.0818. The molecule has 0 bridgehead atoms. The van der Waals surface area contributed by atoms with E-state index in [1.54, 1.807) is 28.1 Å². The Balaban J connectivity index is 1.30. The highest BCUT2D eigenvalue weighted by atomic mass is 79.9. The molecule has 2 amide bonds. The van der Waals surface area contributed by atoms with Crippen LogP contribution in [0.3, 0.4) is 0 Å². The van der Waals surface area contributed by atoms with E-state index in [4.69, 9.17) is 0 Å². The lowest BCUT2D eigenvalue weighted by molar-refractivity contribution is -0.138. The van der Waals surface area contributed by atoms with E-state index in [0.29, 0.717) is 33.6 Å². The van der Waals surface area contributed by atoms with Crippen LogP contribution in [0.4, 0.5) is 5.82 Å². The number of likely N-dealkylation sites (tertiary alicyclic amines) is 1. The Morgan fingerprint density at radius 3 is 2.55 bits per heavy atom. The van der Waals surface area contributed by atoms with Gasteiger partial charge in [0.05, 0.1) is 5.52 Å². The van der Waals surface area contributed by atoms with Gasteiger partial charge in [0.25, 0.3) is 0 Å². The van der Waals surface area contributed by atoms with Crippen molar-refractivity contribution in [1.82, 2.24) is 34.5 Å². The number of hydrogen-bond donors (Lipinski definition) is 1. The van der Waals surface area contributed by atoms with Crippen LogP contribution < -0.4 is 5.32 Å². The Kier molecular flexibility index (Phi) is 10.6. The van der Waals surface area contributed by atoms with Crippen LogP contribution in [0.2, 0.25) is 0 Å². The second-order valence-corrected chi connectivity index (χ2v) is 14.8. The maximum Gasteiger partial charge on any atom is 0.248 e. The number of aryl methyl sites for hydroxylation is 2. The van der Waals surface area contributed by atoms with Crippen LogP contribution in [0.5, 0.6) is 0 Å². The number of nitrogens with one attached hydrogen (secondary N) is 1. The summed E-state index contributed by atoms with van der Waals surface area (Å²) in [6, 6.07) is 6.78. The number of halogens is 1. The number of Topliss-reactive ketones (excluding diaryl/α,β-unsaturated/α-hetero) is 1. The van der Waals surface area contributed by atoms with Gasteiger partial charge in [-0.2, -0.15) is 5.10 Å². The van der Waals surface area contributed by atoms with Crippen LogP contribution in [0.1, 0.15) is 72.9 Å². The highest BCUT2D eigenvalue weighted by molar-refractivity contribution is 9.10. The molecule has 1 aromatic carbocycles. The number of benzene rings is 1. The molecule has 51 heavy (non-hydrogen) atoms. The number of allylic oxidation sites excluding steroid dienone is 1. The SMILES string of the molecule is C=CCCCCCN(C)C[C@@]12C[C@@H](C(=O)Nc3nc(Br)ccc3C)N(C(=O)Cn3nc(C(C)=O)c4cc(-c5cnc(C)nc5)cc(C=C)c43)[C@@H]1C2. The van der Waals surface area contributed by atoms with Crippen molar-refractivity contribution in [3.8, 4) is 11.1 Å². The molecule has 1 saturated heterocycles. The van der Waals surface area contributed by atoms with E-state index in [1.165, 1.54) is 6.92 Å². The highest BCUT2D eigenvalue weighted by Gasteiger charge is 2.67. The second kappa shape index (κ2) is 15.0. The molecule has 1 saturated carbocycles. The topological polar surface area (TPSA) is 126 Å². The highest BCUT2D eigenvalue weighted by Crippen LogP contribution is 2.60. The molecule has 11 nitrogen and oxygen atoms in total. The number of fused-ring (bicyclic) bond motifs is 2. The normalized spacial score (nSPS) is 19.3. The van der Waals surface area contributed by atoms with Crippen molar-refractivity contribution in [3.05, 3.63) is 83.1 Å². The fourth-order valence-electron chi connectivity index (χ4n) is 7.53. The van der Waals surface area contributed by atoms with Gasteiger partial charge in [-0.05, 0) is 105 Å². The van der Waals surface area contributed by atoms with Crippen molar-refractivity contribution in [2.24, 2.45) is 5.41 Å². The smallest absolute Gasteiger partial charge is 0.248 e. The molecule has 4 aromatic rings. The number of nitrogens with zero attached hydrogens (tertiary/aromatic N) is 7. The number of rotatable bonds is 15. The number of pyridine rings is 1. The molecule has 3 atom stereocenters. The number of anilines is 1. The minimum atomic E-state index is -0.682. The van der Waals surface area contributed by atoms with Crippen molar-refractivity contribution in [1.29, 1.82) is 0 Å². The monoisotopic (exact) mass is 752 g/mol. The fourth-order valence-corrected chi connectivity index (χ4v) is 7.84. The third kappa shape index (κ3) is 7.57. The largest absolute Gasteiger partial charge is 0.325 e. The molecule has 0 spiro atoms. The summed E-state index contributed by atoms with van der Waals surface area (Å²) in [5.74, 6) is 0.408. The molecule has 3 aromatic heterocycles. The van der Waals surface area contributed by atoms with E-state index in [0.717, 1.165) is 67.4 Å². The zero-order valence-electron chi connectivity index (χ0n) is 29.8. The van der Waals surface area contributed by atoms with Gasteiger partial charge in [-0.25, -0.2) is 15.0 Å². The van der Waals surface area contributed by atoms with E-state index in [2.05, 4.69) is 66.4 Å². The van der Waals surface area contributed by atoms with Crippen molar-refractivity contribution in [2.75, 3.05) is 25.5 Å². The van der Waals surface area contributed by atoms with Gasteiger partial charge < -0.3 is 15.1 Å². The summed E-state index contributed by atoms with van der Waals surface area (Å²) in [7, 11) is 2.12. The van der Waals surface area contributed by atoms with Crippen LogP contribution in [0.25, 0.3) is 28.1 Å². The van der Waals surface area contributed by atoms with Gasteiger partial charge in [-0.3, -0.25) is 19.1 Å². The number of amides is 2. The van der Waals surface area contributed by atoms with Crippen LogP contribution in [-0.4, -0.2) is 84.4 Å². The maximum absolute atomic E-state index is 14.5. The molecular formula is C39H45BrN8O3. The van der Waals surface area contributed by atoms with Crippen LogP contribution in [-0.2, 0) is 16.1 Å². The number of aromatic nitrogens is 5. The third-order valence-electron chi connectivity index (χ3n) is 10.2. The van der Waals surface area contributed by atoms with Gasteiger partial charge >= 0.3 is 0 Å². The van der Waals surface area contributed by atoms with Crippen LogP contribution in [0.15, 0.2) is 60.5 Å². The summed E-state index contributed by atoms with van der Waals surface area (Å²) in [5, 5.41) is 8.32. The van der Waals surface area contributed by atoms with Crippen molar-refractivity contribution >= 4 is 56.3 Å². The molecule has 1 aliphatic heterocycles. The molecule has 2 aliphatic rings. The number of ketones is 1. The number of piperidine rings is 1. The molecule has 266 valence electrons. The lowest BCUT2D eigenvalue weighted by atomic mass is 9.98. The van der Waals surface area contributed by atoms with E-state index in [-0.39, 0.29) is 41.3 Å². The molecule has 4 heterocycles. The van der Waals surface area contributed by atoms with Crippen molar-refractivity contribution in [3.63, 3.8) is 0 Å². The first-order valence-corrected chi connectivity index (χ1v) is 18.3. The summed E-state index contributed by atoms with van der Waals surface area (Å²) in [6.45, 7) is 14.6. The van der Waals surface area contributed by atoms with Gasteiger partial charge in [0.2, 0.25) is 11.8 Å². The molecular weight excluding hydrogens is 708 g/mol. The molecule has 6 rings (SSSR count). The molecule has 0 radical (unpaired) electrons. The zero-order chi connectivity index (χ0) is 36.4. The van der Waals surface area contributed by atoms with Gasteiger partial charge in [0.1, 0.15) is 34.5 Å². The number of unbranched alkanes of at least 4 members (excludes halogenated alkanes) is 3. The maximum atomic E-state index is 14.5. The van der Waals surface area contributed by atoms with Crippen molar-refractivity contribution in [2.45, 2.75) is 77.9 Å². The molecule has 1 N–H and O–H groups in total. The minimum Gasteiger partial charge on any atom is -0.325 e. The number of hydrogen-bond acceptors (Lipinski definition) is 8. The number of carbonyl (C=O) groups is 3. The Bertz CT molecular complexity index is 2010. The van der Waals surface area contributed by atoms with Gasteiger partial charge in [0, 0.05) is 53.8 Å². The molecule has 12 heteroatoms. The average molecular weight is 754 g/mol. The van der Waals surface area contributed by atoms with Crippen LogP contribution in [0, 0.1) is 19.3 Å². The summed E-state index contributed by atoms with van der Waals surface area (Å²) < 4.78 is 2.20. The van der Waals surface area contributed by atoms with E-state index in [9.17, 15) is 14.4 Å². The Labute approximate surface area is 307 Å². The third-order valence-corrected chi connectivity index (χ3v) is 10.6. The Hall–Kier alpha value is -4.55. The lowest BCUT2D eigenvalue weighted by Crippen LogP contribution is -2.47. The fraction of sp³-hybridized carbons (Fsp3) is 0.410. The zero-order valence-corrected chi connectivity index (χ0v) is 31.4. The lowest BCUT2D eigenvalue weighted by Gasteiger charge is -2.27. The molecule has 2 fully saturated rings. The van der Waals surface area contributed by atoms with E-state index < -0.39 is 6.04 Å². The van der Waals surface area contributed by atoms with Gasteiger partial charge in [-0.15, -0.1) is 6.58 Å². The van der Waals surface area contributed by atoms with Crippen molar-refractivity contribution < 1.29 is 14.4 Å². The summed E-state index contributed by atoms with van der Waals surface area (Å²) >= 11 is 3.41. The average Bonchev–Trinajstić information content (AvgIpc) is 3.49. The first-order valence-electron chi connectivity index (χ1n) is 17.5. The van der Waals surface area contributed by atoms with E-state index in [1.807, 2.05) is 44.2 Å². The predicted molar refractivity (Wildman–Crippen MR) is 203 cm³/mol. The predicted octanol–water partition coefficient (Wildman–Crippen LogP) is 6.79. The summed E-state index contributed by atoms with van der Waals surface area (Å²) in [6.07, 6.45) is 12.9. The summed E-state index contributed by atoms with van der Waals surface area (Å²) in [4.78, 5) is 58.7. The first-order chi connectivity index (χ1) is 24.4. The van der Waals surface area contributed by atoms with E-state index >= 15 is 0 Å². The standard InChI is InChI=1S/C39H45BrN8O3/c1-7-9-10-11-12-15-46(6)23-39-18-31(38(51)44-37-24(3)13-14-33(40)43-37)48(32(39)19-39)34(50)22-47-36-27(8-2)16-28(29-20-41-26(5)42-21-29)17-30(36)35(45-47)25(4)49/h7-8,13-14,16-17,20-21,31-32H,1-2,9-12,15,18-19,22-23H2,3-6H3,(H,43,44,51)/t31-,32+,39-/m0/s1. The molecule has 1 aliphatic carbocycles. The molecule has 0 unspecified atom stereocenters. The van der Waals surface area contributed by atoms with Gasteiger partial charge in [0.15, 0.2) is 5.78 Å². The quantitative estimate of drug-likeness (QED) is 0.0609. The van der Waals surface area contributed by atoms with Crippen LogP contribution >= 0.6 is 15.9 Å². The Morgan fingerprint density at radius 1 is 1.08 bits per heavy atom. The first kappa shape index (κ1) is 36.2. The van der Waals surface area contributed by atoms with Gasteiger partial charge in [-0.1, -0.05) is 31.2 Å². The Morgan fingerprint density at radius 2 is 1.84 bits per heavy atom. The number of carbonyl (C=O) groups excluding carboxylic acids is 3.